The second kappa shape index (κ2) is 20.3. The SMILES string of the molecule is CC(C)(C)OC(=O)N1CCN(S(=O)(=O)c2ccc(C3CC3)cc2)[C@@H](C(=O)NCc2ccc(OC(F)(F)F)cc2)C1.CC(C)(C)OC(=O)N1CCN(S(=O)(=O)c2ccc(C3CC3)cc2)[C@@H](C(=O)O)C1. The van der Waals surface area contributed by atoms with Crippen molar-refractivity contribution in [3.05, 3.63) is 89.5 Å². The van der Waals surface area contributed by atoms with Crippen LogP contribution in [0.3, 0.4) is 0 Å². The zero-order valence-corrected chi connectivity index (χ0v) is 40.3. The summed E-state index contributed by atoms with van der Waals surface area (Å²) in [7, 11) is -8.09. The molecule has 17 nitrogen and oxygen atoms in total. The standard InChI is InChI=1S/C27H32F3N3O6S.C19H26N2O6S/c1-26(2,3)39-25(35)32-14-15-33(40(36,37)22-12-8-20(9-13-22)19-6-7-19)23(17-32)24(34)31-16-18-4-10-21(11-5-18)38-27(28,29)30;1-19(2,3)27-18(24)20-10-11-21(16(12-20)17(22)23)28(25,26)15-8-6-14(7-9-15)13-4-5-13/h4-5,8-13,19,23H,6-7,14-17H2,1-3H3,(H,31,34);6-9,13,16H,4-5,10-12H2,1-3H3,(H,22,23)/t23-;16-/m11/s1. The highest BCUT2D eigenvalue weighted by Gasteiger charge is 2.44. The van der Waals surface area contributed by atoms with Crippen molar-refractivity contribution in [1.82, 2.24) is 23.7 Å². The molecule has 3 amide bonds. The molecule has 2 saturated carbocycles. The number of halogens is 3. The number of hydrogen-bond donors (Lipinski definition) is 2. The summed E-state index contributed by atoms with van der Waals surface area (Å²) >= 11 is 0. The van der Waals surface area contributed by atoms with Gasteiger partial charge in [0.1, 0.15) is 29.0 Å². The van der Waals surface area contributed by atoms with E-state index in [1.165, 1.54) is 46.2 Å². The maximum absolute atomic E-state index is 13.6. The van der Waals surface area contributed by atoms with Gasteiger partial charge in [-0.25, -0.2) is 26.4 Å². The molecule has 4 fully saturated rings. The summed E-state index contributed by atoms with van der Waals surface area (Å²) in [5.41, 5.74) is 1.12. The van der Waals surface area contributed by atoms with Gasteiger partial charge in [0.25, 0.3) is 0 Å². The lowest BCUT2D eigenvalue weighted by molar-refractivity contribution is -0.274. The lowest BCUT2D eigenvalue weighted by Gasteiger charge is -2.39. The fraction of sp³-hybridized carbons (Fsp3) is 0.522. The molecular weight excluding hydrogens is 936 g/mol. The van der Waals surface area contributed by atoms with Crippen LogP contribution in [0.2, 0.25) is 0 Å². The van der Waals surface area contributed by atoms with Crippen LogP contribution < -0.4 is 10.1 Å². The van der Waals surface area contributed by atoms with Gasteiger partial charge in [0.05, 0.1) is 16.3 Å². The second-order valence-electron chi connectivity index (χ2n) is 19.1. The number of sulfonamides is 2. The second-order valence-corrected chi connectivity index (χ2v) is 22.8. The number of carbonyl (C=O) groups excluding carboxylic acids is 3. The number of piperazine rings is 2. The molecule has 0 unspecified atom stereocenters. The molecule has 0 bridgehead atoms. The molecule has 0 aromatic heterocycles. The number of benzene rings is 3. The highest BCUT2D eigenvalue weighted by Crippen LogP contribution is 2.41. The van der Waals surface area contributed by atoms with Crippen LogP contribution in [-0.2, 0) is 45.7 Å². The Labute approximate surface area is 394 Å². The number of rotatable bonds is 11. The highest BCUT2D eigenvalue weighted by molar-refractivity contribution is 7.89. The van der Waals surface area contributed by atoms with Crippen molar-refractivity contribution in [2.45, 2.75) is 125 Å². The van der Waals surface area contributed by atoms with Gasteiger partial charge in [0.15, 0.2) is 0 Å². The molecule has 3 aromatic rings. The summed E-state index contributed by atoms with van der Waals surface area (Å²) in [5, 5.41) is 12.2. The number of nitrogens with one attached hydrogen (secondary N) is 1. The van der Waals surface area contributed by atoms with E-state index in [0.29, 0.717) is 17.4 Å². The van der Waals surface area contributed by atoms with E-state index in [9.17, 15) is 54.3 Å². The average molecular weight is 994 g/mol. The Morgan fingerprint density at radius 3 is 1.38 bits per heavy atom. The largest absolute Gasteiger partial charge is 0.573 e. The molecular formula is C46H58F3N5O12S2. The van der Waals surface area contributed by atoms with Crippen molar-refractivity contribution in [1.29, 1.82) is 0 Å². The lowest BCUT2D eigenvalue weighted by atomic mass is 10.1. The van der Waals surface area contributed by atoms with Gasteiger partial charge in [0.2, 0.25) is 26.0 Å². The topological polar surface area (TPSA) is 209 Å². The normalized spacial score (nSPS) is 19.8. The van der Waals surface area contributed by atoms with Crippen LogP contribution in [0.1, 0.15) is 95.8 Å². The summed E-state index contributed by atoms with van der Waals surface area (Å²) in [4.78, 5) is 52.8. The van der Waals surface area contributed by atoms with Crippen LogP contribution in [0.25, 0.3) is 0 Å². The number of amides is 3. The third-order valence-electron chi connectivity index (χ3n) is 11.2. The van der Waals surface area contributed by atoms with Gasteiger partial charge in [-0.15, -0.1) is 13.2 Å². The molecule has 0 radical (unpaired) electrons. The zero-order valence-electron chi connectivity index (χ0n) is 38.7. The van der Waals surface area contributed by atoms with E-state index in [0.717, 1.165) is 57.6 Å². The Kier molecular flexibility index (Phi) is 15.5. The minimum absolute atomic E-state index is 0.0265. The fourth-order valence-corrected chi connectivity index (χ4v) is 10.7. The fourth-order valence-electron chi connectivity index (χ4n) is 7.55. The Morgan fingerprint density at radius 2 is 1.01 bits per heavy atom. The van der Waals surface area contributed by atoms with Crippen molar-refractivity contribution in [3.63, 3.8) is 0 Å². The molecule has 2 atom stereocenters. The monoisotopic (exact) mass is 993 g/mol. The van der Waals surface area contributed by atoms with Gasteiger partial charge < -0.3 is 34.4 Å². The Balaban J connectivity index is 0.000000238. The van der Waals surface area contributed by atoms with Crippen molar-refractivity contribution in [2.24, 2.45) is 0 Å². The first-order valence-electron chi connectivity index (χ1n) is 22.2. The zero-order chi connectivity index (χ0) is 50.0. The summed E-state index contributed by atoms with van der Waals surface area (Å²) in [5.74, 6) is -1.43. The minimum atomic E-state index is -4.83. The molecule has 22 heteroatoms. The molecule has 2 heterocycles. The van der Waals surface area contributed by atoms with Crippen LogP contribution in [0, 0.1) is 0 Å². The molecule has 7 rings (SSSR count). The molecule has 68 heavy (non-hydrogen) atoms. The molecule has 2 saturated heterocycles. The van der Waals surface area contributed by atoms with Crippen molar-refractivity contribution < 1.29 is 68.5 Å². The number of carboxylic acid groups (broad SMARTS) is 1. The van der Waals surface area contributed by atoms with Crippen LogP contribution in [-0.4, -0.2) is 133 Å². The third kappa shape index (κ3) is 13.8. The van der Waals surface area contributed by atoms with Crippen LogP contribution in [0.5, 0.6) is 5.75 Å². The lowest BCUT2D eigenvalue weighted by Crippen LogP contribution is -2.61. The number of alkyl halides is 3. The summed E-state index contributed by atoms with van der Waals surface area (Å²) in [6, 6.07) is 15.6. The van der Waals surface area contributed by atoms with Crippen molar-refractivity contribution in [2.75, 3.05) is 39.3 Å². The Hall–Kier alpha value is -5.45. The van der Waals surface area contributed by atoms with E-state index in [-0.39, 0.29) is 55.6 Å². The highest BCUT2D eigenvalue weighted by atomic mass is 32.2. The minimum Gasteiger partial charge on any atom is -0.480 e. The molecule has 0 spiro atoms. The number of hydrogen-bond acceptors (Lipinski definition) is 11. The smallest absolute Gasteiger partial charge is 0.480 e. The molecule has 3 aromatic carbocycles. The number of carboxylic acids is 1. The van der Waals surface area contributed by atoms with Gasteiger partial charge in [0, 0.05) is 39.3 Å². The summed E-state index contributed by atoms with van der Waals surface area (Å²) < 4.78 is 107. The summed E-state index contributed by atoms with van der Waals surface area (Å²) in [6.45, 7) is 9.51. The first-order chi connectivity index (χ1) is 31.6. The van der Waals surface area contributed by atoms with E-state index < -0.39 is 79.5 Å². The summed E-state index contributed by atoms with van der Waals surface area (Å²) in [6.07, 6.45) is -1.79. The van der Waals surface area contributed by atoms with Crippen molar-refractivity contribution in [3.8, 4) is 5.75 Å². The van der Waals surface area contributed by atoms with E-state index >= 15 is 0 Å². The van der Waals surface area contributed by atoms with Gasteiger partial charge in [-0.2, -0.15) is 8.61 Å². The third-order valence-corrected chi connectivity index (χ3v) is 15.1. The molecule has 372 valence electrons. The van der Waals surface area contributed by atoms with Gasteiger partial charge in [-0.05, 0) is 132 Å². The molecule has 2 aliphatic carbocycles. The van der Waals surface area contributed by atoms with E-state index in [1.807, 2.05) is 0 Å². The molecule has 4 aliphatic rings. The first kappa shape index (κ1) is 51.9. The van der Waals surface area contributed by atoms with Gasteiger partial charge >= 0.3 is 24.5 Å². The predicted molar refractivity (Wildman–Crippen MR) is 240 cm³/mol. The Bertz CT molecular complexity index is 2520. The average Bonchev–Trinajstić information content (AvgIpc) is 4.19. The number of carbonyl (C=O) groups is 4. The maximum atomic E-state index is 13.6. The van der Waals surface area contributed by atoms with Gasteiger partial charge in [-0.3, -0.25) is 9.59 Å². The van der Waals surface area contributed by atoms with Gasteiger partial charge in [-0.1, -0.05) is 36.4 Å². The number of aliphatic carboxylic acids is 1. The van der Waals surface area contributed by atoms with Crippen LogP contribution >= 0.6 is 0 Å². The van der Waals surface area contributed by atoms with E-state index in [2.05, 4.69) is 10.1 Å². The quantitative estimate of drug-likeness (QED) is 0.207. The van der Waals surface area contributed by atoms with Crippen LogP contribution in [0.15, 0.2) is 82.6 Å². The van der Waals surface area contributed by atoms with E-state index in [1.54, 1.807) is 65.8 Å². The van der Waals surface area contributed by atoms with E-state index in [4.69, 9.17) is 9.47 Å². The molecule has 2 N–H and O–H groups in total. The van der Waals surface area contributed by atoms with Crippen molar-refractivity contribution >= 4 is 44.1 Å². The molecule has 2 aliphatic heterocycles. The number of ether oxygens (including phenoxy) is 3. The van der Waals surface area contributed by atoms with Crippen LogP contribution in [0.4, 0.5) is 22.8 Å². The number of nitrogens with zero attached hydrogens (tertiary/aromatic N) is 4. The predicted octanol–water partition coefficient (Wildman–Crippen LogP) is 6.65. The first-order valence-corrected chi connectivity index (χ1v) is 25.0. The Morgan fingerprint density at radius 1 is 0.618 bits per heavy atom. The maximum Gasteiger partial charge on any atom is 0.573 e.